The molecule has 3 nitrogen and oxygen atoms in total. The summed E-state index contributed by atoms with van der Waals surface area (Å²) >= 11 is 0. The van der Waals surface area contributed by atoms with Crippen LogP contribution in [0.2, 0.25) is 0 Å². The van der Waals surface area contributed by atoms with E-state index in [9.17, 15) is 4.79 Å². The molecule has 3 heteroatoms. The molecule has 1 atom stereocenters. The van der Waals surface area contributed by atoms with Gasteiger partial charge in [0, 0.05) is 6.42 Å². The number of nitrogens with two attached hydrogens (primary N) is 1. The fraction of sp³-hybridized carbons (Fsp3) is 0.318. The lowest BCUT2D eigenvalue weighted by molar-refractivity contribution is -0.150. The molecule has 0 spiro atoms. The second-order valence-electron chi connectivity index (χ2n) is 6.33. The lowest BCUT2D eigenvalue weighted by Gasteiger charge is -2.26. The predicted octanol–water partition coefficient (Wildman–Crippen LogP) is 4.37. The average Bonchev–Trinajstić information content (AvgIpc) is 2.63. The molecule has 0 heterocycles. The third kappa shape index (κ3) is 6.20. The summed E-state index contributed by atoms with van der Waals surface area (Å²) in [4.78, 5) is 12.6. The molecule has 0 fully saturated rings. The Bertz CT molecular complexity index is 667. The van der Waals surface area contributed by atoms with Gasteiger partial charge in [0.25, 0.3) is 0 Å². The zero-order valence-electron chi connectivity index (χ0n) is 14.9. The van der Waals surface area contributed by atoms with E-state index >= 15 is 0 Å². The zero-order valence-corrected chi connectivity index (χ0v) is 14.9. The quantitative estimate of drug-likeness (QED) is 0.546. The van der Waals surface area contributed by atoms with Crippen LogP contribution in [0.4, 0.5) is 0 Å². The van der Waals surface area contributed by atoms with E-state index in [2.05, 4.69) is 6.92 Å². The number of ether oxygens (including phenoxy) is 1. The Morgan fingerprint density at radius 2 is 1.72 bits per heavy atom. The van der Waals surface area contributed by atoms with E-state index in [1.54, 1.807) is 0 Å². The van der Waals surface area contributed by atoms with Gasteiger partial charge < -0.3 is 10.5 Å². The van der Waals surface area contributed by atoms with E-state index in [0.717, 1.165) is 24.0 Å². The predicted molar refractivity (Wildman–Crippen MR) is 103 cm³/mol. The second kappa shape index (κ2) is 9.80. The number of esters is 1. The Kier molecular flexibility index (Phi) is 7.42. The Morgan fingerprint density at radius 1 is 1.08 bits per heavy atom. The summed E-state index contributed by atoms with van der Waals surface area (Å²) in [6.45, 7) is 2.49. The van der Waals surface area contributed by atoms with Gasteiger partial charge in [-0.3, -0.25) is 4.79 Å². The van der Waals surface area contributed by atoms with E-state index in [0.29, 0.717) is 19.4 Å². The van der Waals surface area contributed by atoms with Crippen LogP contribution in [0.15, 0.2) is 66.7 Å². The van der Waals surface area contributed by atoms with Crippen LogP contribution in [0.25, 0.3) is 6.08 Å². The molecule has 0 saturated heterocycles. The lowest BCUT2D eigenvalue weighted by atomic mass is 9.88. The average molecular weight is 337 g/mol. The van der Waals surface area contributed by atoms with Crippen LogP contribution in [0.3, 0.4) is 0 Å². The molecule has 0 radical (unpaired) electrons. The van der Waals surface area contributed by atoms with Crippen LogP contribution in [-0.4, -0.2) is 18.1 Å². The van der Waals surface area contributed by atoms with Crippen molar-refractivity contribution in [3.8, 4) is 0 Å². The Morgan fingerprint density at radius 3 is 2.36 bits per heavy atom. The van der Waals surface area contributed by atoms with Crippen LogP contribution in [-0.2, 0) is 16.0 Å². The van der Waals surface area contributed by atoms with Crippen LogP contribution in [0.5, 0.6) is 0 Å². The van der Waals surface area contributed by atoms with Crippen molar-refractivity contribution in [1.82, 2.24) is 0 Å². The van der Waals surface area contributed by atoms with Crippen molar-refractivity contribution in [2.75, 3.05) is 6.61 Å². The molecular formula is C22H27NO2. The summed E-state index contributed by atoms with van der Waals surface area (Å²) in [5.41, 5.74) is 7.56. The summed E-state index contributed by atoms with van der Waals surface area (Å²) in [7, 11) is 0. The molecule has 0 aliphatic heterocycles. The molecule has 2 aromatic carbocycles. The molecule has 0 aliphatic rings. The Balaban J connectivity index is 2.10. The Hall–Kier alpha value is -2.39. The number of benzene rings is 2. The fourth-order valence-electron chi connectivity index (χ4n) is 2.61. The highest BCUT2D eigenvalue weighted by molar-refractivity contribution is 5.81. The van der Waals surface area contributed by atoms with E-state index in [1.807, 2.05) is 72.8 Å². The number of hydrogen-bond acceptors (Lipinski definition) is 3. The minimum atomic E-state index is -1.06. The van der Waals surface area contributed by atoms with Gasteiger partial charge in [-0.05, 0) is 24.0 Å². The molecule has 132 valence electrons. The van der Waals surface area contributed by atoms with Gasteiger partial charge in [-0.1, -0.05) is 86.2 Å². The van der Waals surface area contributed by atoms with Crippen molar-refractivity contribution < 1.29 is 9.53 Å². The van der Waals surface area contributed by atoms with E-state index in [1.165, 1.54) is 0 Å². The molecule has 2 N–H and O–H groups in total. The van der Waals surface area contributed by atoms with Gasteiger partial charge in [0.05, 0.1) is 6.61 Å². The highest BCUT2D eigenvalue weighted by Crippen LogP contribution is 2.19. The maximum absolute atomic E-state index is 12.6. The van der Waals surface area contributed by atoms with Crippen molar-refractivity contribution in [3.05, 3.63) is 77.9 Å². The van der Waals surface area contributed by atoms with Gasteiger partial charge in [0.15, 0.2) is 0 Å². The largest absolute Gasteiger partial charge is 0.464 e. The first kappa shape index (κ1) is 18.9. The molecule has 2 aromatic rings. The highest BCUT2D eigenvalue weighted by Gasteiger charge is 2.34. The SMILES string of the molecule is CCCCOC(=O)[C@](N)(C/C=C/c1ccccc1)Cc1ccccc1. The summed E-state index contributed by atoms with van der Waals surface area (Å²) in [5, 5.41) is 0. The first-order chi connectivity index (χ1) is 12.1. The first-order valence-electron chi connectivity index (χ1n) is 8.85. The number of hydrogen-bond donors (Lipinski definition) is 1. The number of rotatable bonds is 9. The first-order valence-corrected chi connectivity index (χ1v) is 8.85. The molecule has 0 unspecified atom stereocenters. The number of unbranched alkanes of at least 4 members (excludes halogenated alkanes) is 1. The fourth-order valence-corrected chi connectivity index (χ4v) is 2.61. The van der Waals surface area contributed by atoms with Crippen molar-refractivity contribution in [2.24, 2.45) is 5.73 Å². The summed E-state index contributed by atoms with van der Waals surface area (Å²) in [6, 6.07) is 19.8. The second-order valence-corrected chi connectivity index (χ2v) is 6.33. The minimum absolute atomic E-state index is 0.331. The molecule has 25 heavy (non-hydrogen) atoms. The van der Waals surface area contributed by atoms with Crippen molar-refractivity contribution in [1.29, 1.82) is 0 Å². The molecule has 0 aromatic heterocycles. The molecular weight excluding hydrogens is 310 g/mol. The van der Waals surface area contributed by atoms with Crippen LogP contribution >= 0.6 is 0 Å². The summed E-state index contributed by atoms with van der Waals surface area (Å²) < 4.78 is 5.42. The van der Waals surface area contributed by atoms with Crippen molar-refractivity contribution in [3.63, 3.8) is 0 Å². The number of carbonyl (C=O) groups is 1. The van der Waals surface area contributed by atoms with E-state index in [-0.39, 0.29) is 5.97 Å². The standard InChI is InChI=1S/C22H27NO2/c1-2-3-17-25-21(24)22(23,18-20-13-8-5-9-14-20)16-10-15-19-11-6-4-7-12-19/h4-15H,2-3,16-18,23H2,1H3/b15-10+/t22-/m0/s1. The van der Waals surface area contributed by atoms with Crippen molar-refractivity contribution in [2.45, 2.75) is 38.1 Å². The van der Waals surface area contributed by atoms with Crippen LogP contribution in [0.1, 0.15) is 37.3 Å². The maximum Gasteiger partial charge on any atom is 0.326 e. The summed E-state index contributed by atoms with van der Waals surface area (Å²) in [6.07, 6.45) is 6.68. The molecule has 0 aliphatic carbocycles. The monoisotopic (exact) mass is 337 g/mol. The van der Waals surface area contributed by atoms with Crippen LogP contribution in [0, 0.1) is 0 Å². The molecule has 0 saturated carbocycles. The van der Waals surface area contributed by atoms with Gasteiger partial charge in [0.2, 0.25) is 0 Å². The number of carbonyl (C=O) groups excluding carboxylic acids is 1. The third-order valence-electron chi connectivity index (χ3n) is 4.09. The normalized spacial score (nSPS) is 13.5. The molecule has 0 bridgehead atoms. The maximum atomic E-state index is 12.6. The third-order valence-corrected chi connectivity index (χ3v) is 4.09. The van der Waals surface area contributed by atoms with E-state index in [4.69, 9.17) is 10.5 Å². The molecule has 2 rings (SSSR count). The smallest absolute Gasteiger partial charge is 0.326 e. The van der Waals surface area contributed by atoms with Gasteiger partial charge in [-0.15, -0.1) is 0 Å². The zero-order chi connectivity index (χ0) is 18.0. The topological polar surface area (TPSA) is 52.3 Å². The lowest BCUT2D eigenvalue weighted by Crippen LogP contribution is -2.50. The Labute approximate surface area is 150 Å². The molecule has 0 amide bonds. The summed E-state index contributed by atoms with van der Waals surface area (Å²) in [5.74, 6) is -0.331. The van der Waals surface area contributed by atoms with Crippen molar-refractivity contribution >= 4 is 12.0 Å². The minimum Gasteiger partial charge on any atom is -0.464 e. The highest BCUT2D eigenvalue weighted by atomic mass is 16.5. The van der Waals surface area contributed by atoms with Gasteiger partial charge in [-0.25, -0.2) is 0 Å². The van der Waals surface area contributed by atoms with Crippen LogP contribution < -0.4 is 5.73 Å². The van der Waals surface area contributed by atoms with Gasteiger partial charge >= 0.3 is 5.97 Å². The van der Waals surface area contributed by atoms with Gasteiger partial charge in [0.1, 0.15) is 5.54 Å². The van der Waals surface area contributed by atoms with E-state index < -0.39 is 5.54 Å². The van der Waals surface area contributed by atoms with Gasteiger partial charge in [-0.2, -0.15) is 0 Å².